The van der Waals surface area contributed by atoms with Gasteiger partial charge < -0.3 is 9.80 Å². The number of allylic oxidation sites excluding steroid dienone is 2. The minimum Gasteiger partial charge on any atom is -0.358 e. The van der Waals surface area contributed by atoms with Crippen molar-refractivity contribution in [1.29, 1.82) is 0 Å². The van der Waals surface area contributed by atoms with Crippen LogP contribution in [0.5, 0.6) is 0 Å². The fourth-order valence-electron chi connectivity index (χ4n) is 3.06. The van der Waals surface area contributed by atoms with Gasteiger partial charge in [0, 0.05) is 30.2 Å². The first-order valence-electron chi connectivity index (χ1n) is 7.56. The topological polar surface area (TPSA) is 6.48 Å². The van der Waals surface area contributed by atoms with Crippen LogP contribution >= 0.6 is 23.4 Å². The van der Waals surface area contributed by atoms with Crippen molar-refractivity contribution >= 4 is 40.3 Å². The molecule has 0 fully saturated rings. The van der Waals surface area contributed by atoms with Gasteiger partial charge in [-0.3, -0.25) is 0 Å². The number of halogens is 1. The van der Waals surface area contributed by atoms with E-state index in [0.717, 1.165) is 10.8 Å². The highest BCUT2D eigenvalue weighted by atomic mass is 35.5. The Hall–Kier alpha value is -1.84. The van der Waals surface area contributed by atoms with Crippen LogP contribution in [0.2, 0.25) is 0 Å². The van der Waals surface area contributed by atoms with Crippen LogP contribution in [0.1, 0.15) is 5.56 Å². The van der Waals surface area contributed by atoms with Crippen LogP contribution in [0.3, 0.4) is 0 Å². The molecular weight excluding hydrogens is 324 g/mol. The van der Waals surface area contributed by atoms with Crippen LogP contribution in [-0.4, -0.2) is 19.5 Å². The minimum absolute atomic E-state index is 0.277. The molecule has 1 atom stereocenters. The summed E-state index contributed by atoms with van der Waals surface area (Å²) in [6.45, 7) is 0. The van der Waals surface area contributed by atoms with E-state index in [0.29, 0.717) is 0 Å². The van der Waals surface area contributed by atoms with Crippen molar-refractivity contribution in [3.05, 3.63) is 71.4 Å². The highest BCUT2D eigenvalue weighted by molar-refractivity contribution is 8.00. The lowest BCUT2D eigenvalue weighted by Crippen LogP contribution is -2.23. The number of anilines is 2. The van der Waals surface area contributed by atoms with E-state index >= 15 is 0 Å². The van der Waals surface area contributed by atoms with E-state index in [2.05, 4.69) is 72.6 Å². The number of thioether (sulfide) groups is 1. The Morgan fingerprint density at radius 1 is 1.00 bits per heavy atom. The van der Waals surface area contributed by atoms with Crippen LogP contribution in [0.25, 0.3) is 5.57 Å². The van der Waals surface area contributed by atoms with Gasteiger partial charge in [-0.15, -0.1) is 0 Å². The molecule has 4 rings (SSSR count). The molecule has 0 aliphatic carbocycles. The van der Waals surface area contributed by atoms with Crippen LogP contribution in [0, 0.1) is 0 Å². The van der Waals surface area contributed by atoms with E-state index in [1.165, 1.54) is 21.7 Å². The smallest absolute Gasteiger partial charge is 0.109 e. The average molecular weight is 341 g/mol. The zero-order valence-corrected chi connectivity index (χ0v) is 14.6. The number of para-hydroxylation sites is 2. The van der Waals surface area contributed by atoms with Crippen molar-refractivity contribution in [3.63, 3.8) is 0 Å². The molecular formula is C19H17ClN2S. The molecule has 0 radical (unpaired) electrons. The molecule has 2 aromatic carbocycles. The molecule has 4 heteroatoms. The minimum atomic E-state index is 0.277. The molecule has 0 bridgehead atoms. The summed E-state index contributed by atoms with van der Waals surface area (Å²) in [6.07, 6.45) is 4.36. The Morgan fingerprint density at radius 3 is 2.48 bits per heavy atom. The monoisotopic (exact) mass is 340 g/mol. The van der Waals surface area contributed by atoms with Gasteiger partial charge in [0.25, 0.3) is 0 Å². The van der Waals surface area contributed by atoms with Crippen molar-refractivity contribution in [1.82, 2.24) is 0 Å². The van der Waals surface area contributed by atoms with Gasteiger partial charge >= 0.3 is 0 Å². The van der Waals surface area contributed by atoms with E-state index in [1.807, 2.05) is 23.7 Å². The molecule has 2 aliphatic rings. The van der Waals surface area contributed by atoms with Gasteiger partial charge in [-0.1, -0.05) is 53.7 Å². The van der Waals surface area contributed by atoms with Gasteiger partial charge in [-0.25, -0.2) is 0 Å². The third-order valence-electron chi connectivity index (χ3n) is 4.37. The quantitative estimate of drug-likeness (QED) is 0.661. The number of hydrogen-bond acceptors (Lipinski definition) is 3. The van der Waals surface area contributed by atoms with Crippen LogP contribution in [0.15, 0.2) is 70.7 Å². The number of nitrogens with zero attached hydrogens (tertiary/aromatic N) is 2. The summed E-state index contributed by atoms with van der Waals surface area (Å²) in [4.78, 5) is 5.66. The van der Waals surface area contributed by atoms with Gasteiger partial charge in [0.15, 0.2) is 0 Å². The maximum atomic E-state index is 6.43. The molecule has 0 saturated heterocycles. The lowest BCUT2D eigenvalue weighted by Gasteiger charge is -2.28. The predicted molar refractivity (Wildman–Crippen MR) is 101 cm³/mol. The van der Waals surface area contributed by atoms with E-state index in [9.17, 15) is 0 Å². The largest absolute Gasteiger partial charge is 0.358 e. The number of rotatable bonds is 1. The van der Waals surface area contributed by atoms with Crippen LogP contribution < -0.4 is 9.80 Å². The molecule has 0 N–H and O–H groups in total. The fraction of sp³-hybridized carbons (Fsp3) is 0.158. The molecule has 0 aromatic heterocycles. The maximum Gasteiger partial charge on any atom is 0.109 e. The normalized spacial score (nSPS) is 21.3. The van der Waals surface area contributed by atoms with Gasteiger partial charge in [0.2, 0.25) is 0 Å². The Morgan fingerprint density at radius 2 is 1.70 bits per heavy atom. The third-order valence-corrected chi connectivity index (χ3v) is 6.02. The first kappa shape index (κ1) is 14.7. The molecule has 0 amide bonds. The first-order chi connectivity index (χ1) is 11.1. The molecule has 0 saturated carbocycles. The number of benzene rings is 2. The maximum absolute atomic E-state index is 6.43. The first-order valence-corrected chi connectivity index (χ1v) is 8.81. The lowest BCUT2D eigenvalue weighted by atomic mass is 10.00. The van der Waals surface area contributed by atoms with E-state index in [-0.39, 0.29) is 5.37 Å². The highest BCUT2D eigenvalue weighted by Gasteiger charge is 2.27. The van der Waals surface area contributed by atoms with E-state index in [1.54, 1.807) is 0 Å². The molecule has 23 heavy (non-hydrogen) atoms. The lowest BCUT2D eigenvalue weighted by molar-refractivity contribution is 0.991. The third kappa shape index (κ3) is 2.44. The molecule has 2 aliphatic heterocycles. The molecule has 116 valence electrons. The highest BCUT2D eigenvalue weighted by Crippen LogP contribution is 2.45. The number of fused-ring (bicyclic) bond motifs is 2. The summed E-state index contributed by atoms with van der Waals surface area (Å²) in [5.41, 5.74) is 4.84. The number of likely N-dealkylation sites (N-methyl/N-ethyl adjacent to an activating group) is 1. The van der Waals surface area contributed by atoms with Gasteiger partial charge in [0.1, 0.15) is 5.16 Å². The van der Waals surface area contributed by atoms with Crippen molar-refractivity contribution in [2.75, 3.05) is 23.9 Å². The Labute approximate surface area is 146 Å². The summed E-state index contributed by atoms with van der Waals surface area (Å²) in [6, 6.07) is 16.9. The zero-order chi connectivity index (χ0) is 16.0. The standard InChI is InChI=1S/C19H17ClN2S/c1-21-15-8-4-3-7-14(15)13(11-18(21)20)12-19-22(2)16-9-5-6-10-17(16)23-19/h3-12,19H,1-2H3. The Bertz CT molecular complexity index is 828. The number of hydrogen-bond donors (Lipinski definition) is 0. The molecule has 2 heterocycles. The van der Waals surface area contributed by atoms with Crippen LogP contribution in [-0.2, 0) is 0 Å². The van der Waals surface area contributed by atoms with Gasteiger partial charge in [-0.05, 0) is 35.9 Å². The summed E-state index contributed by atoms with van der Waals surface area (Å²) in [5, 5.41) is 1.03. The van der Waals surface area contributed by atoms with E-state index in [4.69, 9.17) is 11.6 Å². The van der Waals surface area contributed by atoms with Crippen molar-refractivity contribution in [2.45, 2.75) is 10.3 Å². The molecule has 0 spiro atoms. The van der Waals surface area contributed by atoms with Gasteiger partial charge in [0.05, 0.1) is 11.1 Å². The Kier molecular flexibility index (Phi) is 3.63. The zero-order valence-electron chi connectivity index (χ0n) is 13.0. The average Bonchev–Trinajstić information content (AvgIpc) is 2.89. The predicted octanol–water partition coefficient (Wildman–Crippen LogP) is 5.17. The van der Waals surface area contributed by atoms with Gasteiger partial charge in [-0.2, -0.15) is 0 Å². The molecule has 2 nitrogen and oxygen atoms in total. The van der Waals surface area contributed by atoms with Crippen molar-refractivity contribution in [3.8, 4) is 0 Å². The SMILES string of the molecule is CN1C(Cl)=CC(=CC2Sc3ccccc3N2C)c2ccccc21. The second-order valence-electron chi connectivity index (χ2n) is 5.75. The summed E-state index contributed by atoms with van der Waals surface area (Å²) < 4.78 is 0. The summed E-state index contributed by atoms with van der Waals surface area (Å²) in [7, 11) is 4.15. The van der Waals surface area contributed by atoms with Crippen molar-refractivity contribution < 1.29 is 0 Å². The Balaban J connectivity index is 1.75. The summed E-state index contributed by atoms with van der Waals surface area (Å²) in [5.74, 6) is 0. The van der Waals surface area contributed by atoms with Crippen molar-refractivity contribution in [2.24, 2.45) is 0 Å². The van der Waals surface area contributed by atoms with E-state index < -0.39 is 0 Å². The molecule has 1 unspecified atom stereocenters. The second-order valence-corrected chi connectivity index (χ2v) is 7.30. The second kappa shape index (κ2) is 5.66. The fourth-order valence-corrected chi connectivity index (χ4v) is 4.50. The summed E-state index contributed by atoms with van der Waals surface area (Å²) >= 11 is 8.30. The molecule has 2 aromatic rings. The van der Waals surface area contributed by atoms with Crippen LogP contribution in [0.4, 0.5) is 11.4 Å².